The van der Waals surface area contributed by atoms with Crippen LogP contribution in [0.5, 0.6) is 0 Å². The van der Waals surface area contributed by atoms with Crippen molar-refractivity contribution in [1.29, 1.82) is 5.26 Å². The Hall–Kier alpha value is -3.80. The van der Waals surface area contributed by atoms with E-state index >= 15 is 0 Å². The van der Waals surface area contributed by atoms with E-state index in [-0.39, 0.29) is 23.8 Å². The van der Waals surface area contributed by atoms with Crippen LogP contribution in [0, 0.1) is 18.3 Å². The van der Waals surface area contributed by atoms with Crippen LogP contribution >= 0.6 is 0 Å². The number of fused-ring (bicyclic) bond motifs is 1. The van der Waals surface area contributed by atoms with Crippen LogP contribution in [0.25, 0.3) is 16.9 Å². The molecule has 1 aliphatic carbocycles. The lowest BCUT2D eigenvalue weighted by Crippen LogP contribution is -2.41. The third-order valence-corrected chi connectivity index (χ3v) is 8.32. The fourth-order valence-electron chi connectivity index (χ4n) is 6.03. The van der Waals surface area contributed by atoms with Gasteiger partial charge in [-0.05, 0) is 82.6 Å². The summed E-state index contributed by atoms with van der Waals surface area (Å²) < 4.78 is 9.93. The van der Waals surface area contributed by atoms with Gasteiger partial charge in [-0.1, -0.05) is 55.8 Å². The summed E-state index contributed by atoms with van der Waals surface area (Å²) in [6, 6.07) is 18.0. The molecule has 1 saturated carbocycles. The number of hydrogen-bond donors (Lipinski definition) is 1. The summed E-state index contributed by atoms with van der Waals surface area (Å²) in [7, 11) is 0. The average molecular weight is 568 g/mol. The first-order valence-electron chi connectivity index (χ1n) is 15.0. The van der Waals surface area contributed by atoms with Gasteiger partial charge < -0.3 is 9.84 Å². The van der Waals surface area contributed by atoms with Crippen LogP contribution in [-0.2, 0) is 17.6 Å². The SMILES string of the molecule is CCCc1c(Cc2ccc(-c3ccccc3C#N)cc2)c(=O)n([C@H]2CC[C@](C)(OCC(C)(C)O)CC2)c2nc(C)nn12. The van der Waals surface area contributed by atoms with Gasteiger partial charge in [0.25, 0.3) is 5.56 Å². The smallest absolute Gasteiger partial charge is 0.259 e. The molecule has 1 N–H and O–H groups in total. The van der Waals surface area contributed by atoms with Gasteiger partial charge in [-0.3, -0.25) is 9.36 Å². The van der Waals surface area contributed by atoms with Gasteiger partial charge in [-0.2, -0.15) is 15.3 Å². The molecule has 0 saturated heterocycles. The minimum Gasteiger partial charge on any atom is -0.388 e. The van der Waals surface area contributed by atoms with Gasteiger partial charge >= 0.3 is 0 Å². The number of aliphatic hydroxyl groups is 1. The fraction of sp³-hybridized carbons (Fsp3) is 0.471. The van der Waals surface area contributed by atoms with Crippen molar-refractivity contribution in [3.05, 3.63) is 87.1 Å². The first kappa shape index (κ1) is 29.7. The summed E-state index contributed by atoms with van der Waals surface area (Å²) in [6.07, 6.45) is 5.24. The molecule has 4 aromatic rings. The lowest BCUT2D eigenvalue weighted by atomic mass is 9.83. The van der Waals surface area contributed by atoms with Crippen molar-refractivity contribution >= 4 is 5.78 Å². The molecule has 0 bridgehead atoms. The molecule has 1 fully saturated rings. The zero-order valence-corrected chi connectivity index (χ0v) is 25.4. The van der Waals surface area contributed by atoms with E-state index in [4.69, 9.17) is 14.8 Å². The number of nitriles is 1. The molecule has 220 valence electrons. The normalized spacial score (nSPS) is 19.2. The van der Waals surface area contributed by atoms with Crippen LogP contribution in [0.3, 0.4) is 0 Å². The second kappa shape index (κ2) is 11.8. The summed E-state index contributed by atoms with van der Waals surface area (Å²) in [5.74, 6) is 1.26. The second-order valence-corrected chi connectivity index (χ2v) is 12.5. The van der Waals surface area contributed by atoms with Crippen LogP contribution in [0.4, 0.5) is 0 Å². The maximum atomic E-state index is 14.4. The molecule has 0 atom stereocenters. The minimum atomic E-state index is -0.886. The monoisotopic (exact) mass is 567 g/mol. The highest BCUT2D eigenvalue weighted by Gasteiger charge is 2.36. The van der Waals surface area contributed by atoms with E-state index in [0.717, 1.165) is 66.5 Å². The van der Waals surface area contributed by atoms with Crippen molar-refractivity contribution in [2.75, 3.05) is 6.61 Å². The Morgan fingerprint density at radius 1 is 1.14 bits per heavy atom. The van der Waals surface area contributed by atoms with Crippen LogP contribution in [-0.4, -0.2) is 42.1 Å². The van der Waals surface area contributed by atoms with Crippen LogP contribution in [0.1, 0.15) is 94.0 Å². The Morgan fingerprint density at radius 3 is 2.48 bits per heavy atom. The third-order valence-electron chi connectivity index (χ3n) is 8.32. The van der Waals surface area contributed by atoms with E-state index in [9.17, 15) is 15.2 Å². The van der Waals surface area contributed by atoms with Gasteiger partial charge in [0.15, 0.2) is 0 Å². The van der Waals surface area contributed by atoms with Crippen LogP contribution in [0.15, 0.2) is 53.3 Å². The summed E-state index contributed by atoms with van der Waals surface area (Å²) in [5.41, 5.74) is 4.00. The molecule has 2 aromatic carbocycles. The van der Waals surface area contributed by atoms with Crippen molar-refractivity contribution in [2.24, 2.45) is 0 Å². The van der Waals surface area contributed by atoms with Crippen molar-refractivity contribution in [2.45, 2.75) is 96.8 Å². The van der Waals surface area contributed by atoms with Crippen molar-refractivity contribution in [3.63, 3.8) is 0 Å². The Morgan fingerprint density at radius 2 is 1.83 bits per heavy atom. The van der Waals surface area contributed by atoms with Gasteiger partial charge in [0.05, 0.1) is 35.1 Å². The molecule has 8 heteroatoms. The van der Waals surface area contributed by atoms with Gasteiger partial charge in [-0.25, -0.2) is 4.52 Å². The standard InChI is InChI=1S/C34H41N5O3/c1-6-9-30-29(20-24-12-14-25(15-13-24)28-11-8-7-10-26(28)21-35)31(40)38(32-36-23(2)37-39(30)32)27-16-18-34(5,19-17-27)42-22-33(3,4)41/h7-8,10-15,27,41H,6,9,16-20,22H2,1-5H3/t27-,34-. The summed E-state index contributed by atoms with van der Waals surface area (Å²) >= 11 is 0. The Kier molecular flexibility index (Phi) is 8.36. The predicted molar refractivity (Wildman–Crippen MR) is 164 cm³/mol. The maximum Gasteiger partial charge on any atom is 0.259 e. The number of benzene rings is 2. The summed E-state index contributed by atoms with van der Waals surface area (Å²) in [4.78, 5) is 19.1. The number of aromatic nitrogens is 4. The lowest BCUT2D eigenvalue weighted by molar-refractivity contribution is -0.117. The second-order valence-electron chi connectivity index (χ2n) is 12.5. The van der Waals surface area contributed by atoms with E-state index in [0.29, 0.717) is 23.6 Å². The Balaban J connectivity index is 1.50. The maximum absolute atomic E-state index is 14.4. The number of aryl methyl sites for hydroxylation is 2. The van der Waals surface area contributed by atoms with E-state index in [1.54, 1.807) is 13.8 Å². The Labute approximate surface area is 247 Å². The molecule has 2 aromatic heterocycles. The third kappa shape index (κ3) is 6.18. The number of hydrogen-bond acceptors (Lipinski definition) is 6. The first-order chi connectivity index (χ1) is 20.0. The van der Waals surface area contributed by atoms with E-state index in [1.165, 1.54) is 0 Å². The average Bonchev–Trinajstić information content (AvgIpc) is 3.35. The highest BCUT2D eigenvalue weighted by atomic mass is 16.5. The predicted octanol–water partition coefficient (Wildman–Crippen LogP) is 5.94. The summed E-state index contributed by atoms with van der Waals surface area (Å²) in [6.45, 7) is 9.87. The van der Waals surface area contributed by atoms with Crippen LogP contribution in [0.2, 0.25) is 0 Å². The molecule has 0 radical (unpaired) electrons. The molecule has 8 nitrogen and oxygen atoms in total. The fourth-order valence-corrected chi connectivity index (χ4v) is 6.03. The van der Waals surface area contributed by atoms with Gasteiger partial charge in [0.2, 0.25) is 5.78 Å². The molecule has 2 heterocycles. The first-order valence-corrected chi connectivity index (χ1v) is 15.0. The zero-order valence-electron chi connectivity index (χ0n) is 25.4. The van der Waals surface area contributed by atoms with Crippen molar-refractivity contribution in [3.8, 4) is 17.2 Å². The molecule has 0 aliphatic heterocycles. The summed E-state index contributed by atoms with van der Waals surface area (Å²) in [5, 5.41) is 24.5. The molecule has 0 amide bonds. The number of rotatable bonds is 9. The molecule has 42 heavy (non-hydrogen) atoms. The minimum absolute atomic E-state index is 0.00302. The Bertz CT molecular complexity index is 1660. The number of nitrogens with zero attached hydrogens (tertiary/aromatic N) is 5. The van der Waals surface area contributed by atoms with Gasteiger partial charge in [0, 0.05) is 18.0 Å². The van der Waals surface area contributed by atoms with E-state index in [1.807, 2.05) is 64.5 Å². The highest BCUT2D eigenvalue weighted by Crippen LogP contribution is 2.38. The van der Waals surface area contributed by atoms with Gasteiger partial charge in [-0.15, -0.1) is 0 Å². The highest BCUT2D eigenvalue weighted by molar-refractivity contribution is 5.70. The topological polar surface area (TPSA) is 105 Å². The van der Waals surface area contributed by atoms with Gasteiger partial charge in [0.1, 0.15) is 5.82 Å². The molecule has 0 spiro atoms. The largest absolute Gasteiger partial charge is 0.388 e. The zero-order chi connectivity index (χ0) is 30.1. The van der Waals surface area contributed by atoms with Crippen LogP contribution < -0.4 is 5.56 Å². The quantitative estimate of drug-likeness (QED) is 0.268. The molecular formula is C34H41N5O3. The van der Waals surface area contributed by atoms with E-state index in [2.05, 4.69) is 19.9 Å². The lowest BCUT2D eigenvalue weighted by Gasteiger charge is -2.39. The van der Waals surface area contributed by atoms with E-state index < -0.39 is 5.60 Å². The molecule has 5 rings (SSSR count). The van der Waals surface area contributed by atoms with Crippen molar-refractivity contribution in [1.82, 2.24) is 19.2 Å². The molecule has 0 unspecified atom stereocenters. The molecular weight excluding hydrogens is 526 g/mol. The number of ether oxygens (including phenoxy) is 1. The van der Waals surface area contributed by atoms with Crippen molar-refractivity contribution < 1.29 is 9.84 Å². The molecule has 1 aliphatic rings.